The molecule has 1 aliphatic rings. The average Bonchev–Trinajstić information content (AvgIpc) is 3.53. The molecule has 5 atom stereocenters. The van der Waals surface area contributed by atoms with Crippen molar-refractivity contribution in [3.05, 3.63) is 69.8 Å². The van der Waals surface area contributed by atoms with E-state index in [-0.39, 0.29) is 43.0 Å². The Morgan fingerprint density at radius 3 is 2.21 bits per heavy atom. The number of benzene rings is 2. The second-order valence-electron chi connectivity index (χ2n) is 11.2. The molecule has 47 heavy (non-hydrogen) atoms. The molecule has 2 aromatic rings. The maximum absolute atomic E-state index is 13.5. The predicted molar refractivity (Wildman–Crippen MR) is 171 cm³/mol. The highest BCUT2D eigenvalue weighted by Crippen LogP contribution is 2.20. The summed E-state index contributed by atoms with van der Waals surface area (Å²) in [5.41, 5.74) is 12.5. The van der Waals surface area contributed by atoms with Crippen LogP contribution in [0.3, 0.4) is 0 Å². The van der Waals surface area contributed by atoms with Gasteiger partial charge in [-0.2, -0.15) is 0 Å². The molecule has 0 bridgehead atoms. The Hall–Kier alpha value is -4.90. The molecule has 1 saturated heterocycles. The molecule has 1 fully saturated rings. The first kappa shape index (κ1) is 36.6. The van der Waals surface area contributed by atoms with E-state index in [1.54, 1.807) is 12.1 Å². The van der Waals surface area contributed by atoms with Crippen molar-refractivity contribution in [3.63, 3.8) is 0 Å². The van der Waals surface area contributed by atoms with Crippen LogP contribution in [0.4, 0.5) is 5.69 Å². The van der Waals surface area contributed by atoms with Gasteiger partial charge in [-0.05, 0) is 48.9 Å². The van der Waals surface area contributed by atoms with Crippen molar-refractivity contribution >= 4 is 46.0 Å². The highest BCUT2D eigenvalue weighted by atomic mass is 32.2. The van der Waals surface area contributed by atoms with Crippen molar-refractivity contribution in [2.75, 3.05) is 25.1 Å². The molecule has 5 amide bonds. The molecule has 1 aliphatic heterocycles. The van der Waals surface area contributed by atoms with Crippen molar-refractivity contribution in [2.24, 2.45) is 11.5 Å². The lowest BCUT2D eigenvalue weighted by molar-refractivity contribution is -0.384. The molecule has 17 heteroatoms. The molecule has 0 aliphatic carbocycles. The van der Waals surface area contributed by atoms with E-state index >= 15 is 0 Å². The summed E-state index contributed by atoms with van der Waals surface area (Å²) in [6.07, 6.45) is 2.36. The average molecular weight is 674 g/mol. The van der Waals surface area contributed by atoms with Crippen LogP contribution in [0, 0.1) is 10.1 Å². The number of hydrogen-bond donors (Lipinski definition) is 6. The van der Waals surface area contributed by atoms with Gasteiger partial charge in [0, 0.05) is 47.9 Å². The number of non-ortho nitro benzene ring substituents is 1. The lowest BCUT2D eigenvalue weighted by Crippen LogP contribution is -2.56. The van der Waals surface area contributed by atoms with Crippen LogP contribution in [-0.2, 0) is 47.6 Å². The van der Waals surface area contributed by atoms with Crippen LogP contribution in [-0.4, -0.2) is 97.9 Å². The Bertz CT molecular complexity index is 1490. The minimum atomic E-state index is -1.30. The number of phenolic OH excluding ortho intramolecular Hbond substituents is 1. The highest BCUT2D eigenvalue weighted by Gasteiger charge is 2.37. The van der Waals surface area contributed by atoms with Crippen molar-refractivity contribution in [2.45, 2.75) is 56.3 Å². The van der Waals surface area contributed by atoms with Crippen LogP contribution in [0.5, 0.6) is 5.75 Å². The maximum atomic E-state index is 13.5. The van der Waals surface area contributed by atoms with Crippen LogP contribution in [0.15, 0.2) is 48.5 Å². The first-order valence-corrected chi connectivity index (χ1v) is 16.5. The fraction of sp³-hybridized carbons (Fsp3) is 0.433. The Kier molecular flexibility index (Phi) is 13.3. The summed E-state index contributed by atoms with van der Waals surface area (Å²) < 4.78 is 11.7. The molecule has 0 saturated carbocycles. The summed E-state index contributed by atoms with van der Waals surface area (Å²) in [5, 5.41) is 28.0. The molecular weight excluding hydrogens is 634 g/mol. The maximum Gasteiger partial charge on any atom is 0.269 e. The van der Waals surface area contributed by atoms with Gasteiger partial charge in [-0.3, -0.25) is 38.3 Å². The summed E-state index contributed by atoms with van der Waals surface area (Å²) in [7, 11) is -1.30. The molecule has 0 spiro atoms. The summed E-state index contributed by atoms with van der Waals surface area (Å²) in [6, 6.07) is 7.22. The number of nitro benzene ring substituents is 1. The Morgan fingerprint density at radius 1 is 1.00 bits per heavy atom. The SMILES string of the molecule is C[S@](=O)CC[C@H](NC(=O)[C@H](N)Cc1ccc(O)cc1)C(=O)NCC(=O)N[C@@H](Cc1ccc([N+](=O)[O-])cc1)C(=O)N1CCC[C@H]1C(N)=O. The Morgan fingerprint density at radius 2 is 1.62 bits per heavy atom. The number of aromatic hydroxyl groups is 1. The van der Waals surface area contributed by atoms with Gasteiger partial charge in [-0.15, -0.1) is 0 Å². The Labute approximate surface area is 273 Å². The van der Waals surface area contributed by atoms with E-state index in [2.05, 4.69) is 16.0 Å². The summed E-state index contributed by atoms with van der Waals surface area (Å²) >= 11 is 0. The molecule has 0 unspecified atom stereocenters. The van der Waals surface area contributed by atoms with E-state index in [0.29, 0.717) is 24.0 Å². The van der Waals surface area contributed by atoms with Crippen LogP contribution in [0.25, 0.3) is 0 Å². The number of rotatable bonds is 16. The molecule has 254 valence electrons. The molecule has 0 radical (unpaired) electrons. The van der Waals surface area contributed by atoms with Gasteiger partial charge in [0.1, 0.15) is 23.9 Å². The topological polar surface area (TPSA) is 257 Å². The third-order valence-corrected chi connectivity index (χ3v) is 8.37. The normalized spacial score (nSPS) is 16.7. The number of nitrogens with one attached hydrogen (secondary N) is 3. The summed E-state index contributed by atoms with van der Waals surface area (Å²) in [4.78, 5) is 76.1. The van der Waals surface area contributed by atoms with Crippen molar-refractivity contribution in [1.29, 1.82) is 0 Å². The number of amides is 5. The van der Waals surface area contributed by atoms with Crippen LogP contribution in [0.2, 0.25) is 0 Å². The van der Waals surface area contributed by atoms with Gasteiger partial charge < -0.3 is 37.4 Å². The summed E-state index contributed by atoms with van der Waals surface area (Å²) in [5.74, 6) is -3.32. The van der Waals surface area contributed by atoms with Gasteiger partial charge >= 0.3 is 0 Å². The predicted octanol–water partition coefficient (Wildman–Crippen LogP) is -1.26. The van der Waals surface area contributed by atoms with Crippen LogP contribution in [0.1, 0.15) is 30.4 Å². The minimum absolute atomic E-state index is 0.0149. The fourth-order valence-corrected chi connectivity index (χ4v) is 5.63. The van der Waals surface area contributed by atoms with E-state index in [1.807, 2.05) is 0 Å². The molecule has 16 nitrogen and oxygen atoms in total. The fourth-order valence-electron chi connectivity index (χ4n) is 5.06. The van der Waals surface area contributed by atoms with Crippen LogP contribution >= 0.6 is 0 Å². The molecule has 0 aromatic heterocycles. The third kappa shape index (κ3) is 11.1. The quantitative estimate of drug-likeness (QED) is 0.0911. The lowest BCUT2D eigenvalue weighted by Gasteiger charge is -2.28. The minimum Gasteiger partial charge on any atom is -0.508 e. The van der Waals surface area contributed by atoms with Crippen molar-refractivity contribution in [3.8, 4) is 5.75 Å². The zero-order valence-electron chi connectivity index (χ0n) is 25.8. The number of nitrogens with zero attached hydrogens (tertiary/aromatic N) is 2. The molecule has 8 N–H and O–H groups in total. The van der Waals surface area contributed by atoms with E-state index < -0.39 is 76.0 Å². The molecule has 1 heterocycles. The number of likely N-dealkylation sites (tertiary alicyclic amines) is 1. The standard InChI is InChI=1S/C30H39N7O9S/c1-47(46)14-12-23(35-28(41)22(31)15-18-6-10-21(38)11-7-18)29(42)33-17-26(39)34-24(16-19-4-8-20(9-5-19)37(44)45)30(43)36-13-2-3-25(36)27(32)40/h4-11,22-25,38H,2-3,12-17,31H2,1H3,(H2,32,40)(H,33,42)(H,34,39)(H,35,41)/t22-,23+,24+,25+,47+/m1/s1. The highest BCUT2D eigenvalue weighted by molar-refractivity contribution is 7.84. The monoisotopic (exact) mass is 673 g/mol. The number of carbonyl (C=O) groups is 5. The van der Waals surface area contributed by atoms with Gasteiger partial charge in [0.2, 0.25) is 29.5 Å². The number of primary amides is 1. The number of nitro groups is 1. The first-order valence-electron chi connectivity index (χ1n) is 14.8. The van der Waals surface area contributed by atoms with Crippen LogP contribution < -0.4 is 27.4 Å². The summed E-state index contributed by atoms with van der Waals surface area (Å²) in [6.45, 7) is -0.353. The first-order chi connectivity index (χ1) is 22.2. The van der Waals surface area contributed by atoms with Crippen molar-refractivity contribution in [1.82, 2.24) is 20.9 Å². The largest absolute Gasteiger partial charge is 0.508 e. The van der Waals surface area contributed by atoms with Gasteiger partial charge in [-0.25, -0.2) is 0 Å². The zero-order valence-corrected chi connectivity index (χ0v) is 26.6. The Balaban J connectivity index is 1.68. The number of nitrogens with two attached hydrogens (primary N) is 2. The van der Waals surface area contributed by atoms with Gasteiger partial charge in [0.15, 0.2) is 0 Å². The van der Waals surface area contributed by atoms with Gasteiger partial charge in [-0.1, -0.05) is 24.3 Å². The second kappa shape index (κ2) is 17.1. The lowest BCUT2D eigenvalue weighted by atomic mass is 10.0. The molecule has 3 rings (SSSR count). The van der Waals surface area contributed by atoms with E-state index in [9.17, 15) is 43.4 Å². The van der Waals surface area contributed by atoms with Gasteiger partial charge in [0.25, 0.3) is 5.69 Å². The van der Waals surface area contributed by atoms with Crippen molar-refractivity contribution < 1.29 is 38.2 Å². The van der Waals surface area contributed by atoms with Gasteiger partial charge in [0.05, 0.1) is 17.5 Å². The van der Waals surface area contributed by atoms with E-state index in [1.165, 1.54) is 47.6 Å². The second-order valence-corrected chi connectivity index (χ2v) is 12.7. The van der Waals surface area contributed by atoms with E-state index in [4.69, 9.17) is 11.5 Å². The zero-order chi connectivity index (χ0) is 34.7. The van der Waals surface area contributed by atoms with E-state index in [0.717, 1.165) is 0 Å². The number of carbonyl (C=O) groups excluding carboxylic acids is 5. The third-order valence-electron chi connectivity index (χ3n) is 7.56. The molecule has 2 aromatic carbocycles. The number of phenols is 1. The smallest absolute Gasteiger partial charge is 0.269 e. The number of hydrogen-bond acceptors (Lipinski definition) is 10. The molecular formula is C30H39N7O9S.